The summed E-state index contributed by atoms with van der Waals surface area (Å²) in [7, 11) is 2.27. The van der Waals surface area contributed by atoms with Gasteiger partial charge in [0, 0.05) is 0 Å². The molecule has 1 rings (SSSR count). The second kappa shape index (κ2) is 7.33. The summed E-state index contributed by atoms with van der Waals surface area (Å²) < 4.78 is 8.91. The van der Waals surface area contributed by atoms with Crippen molar-refractivity contribution in [2.45, 2.75) is 5.16 Å². The average molecular weight is 314 g/mol. The summed E-state index contributed by atoms with van der Waals surface area (Å²) in [5.74, 6) is -1.79. The van der Waals surface area contributed by atoms with E-state index in [4.69, 9.17) is 5.73 Å². The second-order valence-corrected chi connectivity index (χ2v) is 4.33. The molecule has 0 atom stereocenters. The van der Waals surface area contributed by atoms with Crippen LogP contribution in [0.5, 0.6) is 0 Å². The van der Waals surface area contributed by atoms with Crippen LogP contribution in [0.1, 0.15) is 0 Å². The highest BCUT2D eigenvalue weighted by molar-refractivity contribution is 7.98. The summed E-state index contributed by atoms with van der Waals surface area (Å²) in [5, 5.41) is 2.75. The molecule has 114 valence electrons. The van der Waals surface area contributed by atoms with Crippen LogP contribution in [-0.4, -0.2) is 42.4 Å². The highest BCUT2D eigenvalue weighted by Crippen LogP contribution is 2.16. The van der Waals surface area contributed by atoms with Crippen molar-refractivity contribution in [2.75, 3.05) is 31.5 Å². The van der Waals surface area contributed by atoms with E-state index in [9.17, 15) is 14.4 Å². The first-order valence-corrected chi connectivity index (χ1v) is 6.74. The number of H-pyrrole nitrogens is 1. The number of hydrogen-bond donors (Lipinski definition) is 3. The quantitative estimate of drug-likeness (QED) is 0.290. The summed E-state index contributed by atoms with van der Waals surface area (Å²) in [6, 6.07) is 0. The lowest BCUT2D eigenvalue weighted by atomic mass is 10.3. The first-order chi connectivity index (χ1) is 9.92. The molecule has 0 aliphatic heterocycles. The number of esters is 2. The molecular weight excluding hydrogens is 300 g/mol. The number of nitrogens with zero attached hydrogens (tertiary/aromatic N) is 1. The van der Waals surface area contributed by atoms with Gasteiger partial charge in [-0.05, 0) is 6.26 Å². The molecule has 0 unspecified atom stereocenters. The van der Waals surface area contributed by atoms with E-state index in [-0.39, 0.29) is 17.2 Å². The third kappa shape index (κ3) is 4.24. The molecule has 9 nitrogen and oxygen atoms in total. The summed E-state index contributed by atoms with van der Waals surface area (Å²) in [4.78, 5) is 41.0. The van der Waals surface area contributed by atoms with Gasteiger partial charge in [-0.1, -0.05) is 11.8 Å². The fourth-order valence-electron chi connectivity index (χ4n) is 1.25. The lowest BCUT2D eigenvalue weighted by molar-refractivity contribution is -0.138. The molecular formula is C11H14N4O5S. The van der Waals surface area contributed by atoms with E-state index < -0.39 is 17.5 Å². The number of nitrogens with one attached hydrogen (secondary N) is 2. The Morgan fingerprint density at radius 2 is 2.05 bits per heavy atom. The maximum Gasteiger partial charge on any atom is 0.354 e. The molecule has 0 saturated heterocycles. The first-order valence-electron chi connectivity index (χ1n) is 5.51. The summed E-state index contributed by atoms with van der Waals surface area (Å²) >= 11 is 1.19. The number of rotatable bonds is 5. The number of ether oxygens (including phenoxy) is 2. The van der Waals surface area contributed by atoms with E-state index in [0.29, 0.717) is 5.16 Å². The molecule has 0 radical (unpaired) electrons. The van der Waals surface area contributed by atoms with Gasteiger partial charge in [0.25, 0.3) is 5.56 Å². The van der Waals surface area contributed by atoms with Gasteiger partial charge in [-0.3, -0.25) is 9.78 Å². The van der Waals surface area contributed by atoms with Crippen molar-refractivity contribution in [1.82, 2.24) is 9.97 Å². The molecule has 21 heavy (non-hydrogen) atoms. The maximum atomic E-state index is 11.9. The van der Waals surface area contributed by atoms with Crippen LogP contribution in [0.3, 0.4) is 0 Å². The van der Waals surface area contributed by atoms with Gasteiger partial charge in [-0.25, -0.2) is 14.6 Å². The minimum atomic E-state index is -0.867. The monoisotopic (exact) mass is 314 g/mol. The molecule has 10 heteroatoms. The zero-order valence-electron chi connectivity index (χ0n) is 11.6. The van der Waals surface area contributed by atoms with Crippen LogP contribution >= 0.6 is 11.8 Å². The highest BCUT2D eigenvalue weighted by atomic mass is 32.2. The summed E-state index contributed by atoms with van der Waals surface area (Å²) in [6.45, 7) is 0. The van der Waals surface area contributed by atoms with Crippen LogP contribution in [0.4, 0.5) is 11.5 Å². The van der Waals surface area contributed by atoms with E-state index in [1.807, 2.05) is 0 Å². The van der Waals surface area contributed by atoms with Crippen molar-refractivity contribution in [3.05, 3.63) is 22.1 Å². The smallest absolute Gasteiger partial charge is 0.354 e. The van der Waals surface area contributed by atoms with Crippen LogP contribution in [0.25, 0.3) is 0 Å². The Kier molecular flexibility index (Phi) is 5.79. The molecule has 0 aliphatic carbocycles. The van der Waals surface area contributed by atoms with Crippen molar-refractivity contribution in [3.63, 3.8) is 0 Å². The number of methoxy groups -OCH3 is 2. The second-order valence-electron chi connectivity index (χ2n) is 3.53. The van der Waals surface area contributed by atoms with Gasteiger partial charge in [0.2, 0.25) is 0 Å². The molecule has 0 amide bonds. The van der Waals surface area contributed by atoms with Gasteiger partial charge in [-0.15, -0.1) is 0 Å². The number of carbonyl (C=O) groups excluding carboxylic acids is 2. The number of aromatic amines is 1. The standard InChI is InChI=1S/C11H14N4O5S/c1-19-6(16)4-5(10(18)20-2)13-7-8(12)14-11(21-3)15-9(7)17/h4,13H,1-3H3,(H3,12,14,15,17)/b5-4-. The minimum absolute atomic E-state index is 0.122. The molecule has 0 spiro atoms. The zero-order chi connectivity index (χ0) is 16.0. The Labute approximate surface area is 123 Å². The Balaban J connectivity index is 3.22. The lowest BCUT2D eigenvalue weighted by Gasteiger charge is -2.10. The summed E-state index contributed by atoms with van der Waals surface area (Å²) in [6.07, 6.45) is 2.55. The fraction of sp³-hybridized carbons (Fsp3) is 0.273. The van der Waals surface area contributed by atoms with Crippen molar-refractivity contribution in [3.8, 4) is 0 Å². The van der Waals surface area contributed by atoms with Gasteiger partial charge in [-0.2, -0.15) is 0 Å². The molecule has 1 aromatic heterocycles. The van der Waals surface area contributed by atoms with E-state index in [1.165, 1.54) is 11.8 Å². The number of carbonyl (C=O) groups is 2. The average Bonchev–Trinajstić information content (AvgIpc) is 2.48. The van der Waals surface area contributed by atoms with Crippen LogP contribution < -0.4 is 16.6 Å². The molecule has 0 aliphatic rings. The van der Waals surface area contributed by atoms with E-state index in [1.54, 1.807) is 6.26 Å². The minimum Gasteiger partial charge on any atom is -0.466 e. The molecule has 1 aromatic rings. The van der Waals surface area contributed by atoms with Gasteiger partial charge < -0.3 is 20.5 Å². The third-order valence-corrected chi connectivity index (χ3v) is 2.83. The zero-order valence-corrected chi connectivity index (χ0v) is 12.4. The molecule has 0 bridgehead atoms. The van der Waals surface area contributed by atoms with Crippen LogP contribution in [0.15, 0.2) is 21.7 Å². The fourth-order valence-corrected chi connectivity index (χ4v) is 1.64. The SMILES string of the molecule is COC(=O)/C=C(\Nc1c(N)nc(SC)[nH]c1=O)C(=O)OC. The molecule has 0 fully saturated rings. The van der Waals surface area contributed by atoms with E-state index >= 15 is 0 Å². The number of anilines is 2. The van der Waals surface area contributed by atoms with Crippen LogP contribution in [0, 0.1) is 0 Å². The van der Waals surface area contributed by atoms with Crippen LogP contribution in [-0.2, 0) is 19.1 Å². The van der Waals surface area contributed by atoms with Gasteiger partial charge >= 0.3 is 11.9 Å². The normalized spacial score (nSPS) is 10.9. The van der Waals surface area contributed by atoms with Crippen molar-refractivity contribution in [2.24, 2.45) is 0 Å². The third-order valence-electron chi connectivity index (χ3n) is 2.25. The number of aromatic nitrogens is 2. The van der Waals surface area contributed by atoms with Crippen molar-refractivity contribution >= 4 is 35.2 Å². The van der Waals surface area contributed by atoms with Crippen molar-refractivity contribution < 1.29 is 19.1 Å². The predicted octanol–water partition coefficient (Wildman–Crippen LogP) is -0.284. The van der Waals surface area contributed by atoms with E-state index in [0.717, 1.165) is 20.3 Å². The Morgan fingerprint density at radius 1 is 1.38 bits per heavy atom. The molecule has 0 aromatic carbocycles. The number of hydrogen-bond acceptors (Lipinski definition) is 9. The highest BCUT2D eigenvalue weighted by Gasteiger charge is 2.17. The van der Waals surface area contributed by atoms with Crippen LogP contribution in [0.2, 0.25) is 0 Å². The molecule has 0 saturated carbocycles. The number of nitrogen functional groups attached to an aromatic ring is 1. The predicted molar refractivity (Wildman–Crippen MR) is 76.8 cm³/mol. The lowest BCUT2D eigenvalue weighted by Crippen LogP contribution is -2.23. The maximum absolute atomic E-state index is 11.9. The topological polar surface area (TPSA) is 136 Å². The number of nitrogens with two attached hydrogens (primary N) is 1. The van der Waals surface area contributed by atoms with E-state index in [2.05, 4.69) is 24.8 Å². The Bertz CT molecular complexity index is 640. The number of thioether (sulfide) groups is 1. The van der Waals surface area contributed by atoms with Gasteiger partial charge in [0.05, 0.1) is 20.3 Å². The largest absolute Gasteiger partial charge is 0.466 e. The first kappa shape index (κ1) is 16.6. The Morgan fingerprint density at radius 3 is 2.52 bits per heavy atom. The van der Waals surface area contributed by atoms with Gasteiger partial charge in [0.1, 0.15) is 11.4 Å². The van der Waals surface area contributed by atoms with Gasteiger partial charge in [0.15, 0.2) is 11.0 Å². The van der Waals surface area contributed by atoms with Crippen molar-refractivity contribution in [1.29, 1.82) is 0 Å². The Hall–Kier alpha value is -2.49. The molecule has 4 N–H and O–H groups in total. The summed E-state index contributed by atoms with van der Waals surface area (Å²) in [5.41, 5.74) is 4.58. The molecule has 1 heterocycles.